The van der Waals surface area contributed by atoms with Gasteiger partial charge in [-0.15, -0.1) is 0 Å². The van der Waals surface area contributed by atoms with Gasteiger partial charge >= 0.3 is 6.09 Å². The molecular formula is C14H19ClN2O3. The van der Waals surface area contributed by atoms with Crippen LogP contribution in [-0.4, -0.2) is 27.5 Å². The lowest BCUT2D eigenvalue weighted by Crippen LogP contribution is -2.61. The van der Waals surface area contributed by atoms with Gasteiger partial charge in [0.2, 0.25) is 5.91 Å². The predicted octanol–water partition coefficient (Wildman–Crippen LogP) is 2.82. The Kier molecular flexibility index (Phi) is 4.34. The lowest BCUT2D eigenvalue weighted by molar-refractivity contribution is -0.132. The third kappa shape index (κ3) is 2.72. The van der Waals surface area contributed by atoms with Gasteiger partial charge in [0, 0.05) is 16.1 Å². The van der Waals surface area contributed by atoms with E-state index in [1.807, 2.05) is 0 Å². The van der Waals surface area contributed by atoms with Gasteiger partial charge in [-0.05, 0) is 33.8 Å². The van der Waals surface area contributed by atoms with Crippen LogP contribution in [0.1, 0.15) is 33.3 Å². The Labute approximate surface area is 123 Å². The van der Waals surface area contributed by atoms with Crippen LogP contribution in [0, 0.1) is 0 Å². The fourth-order valence-electron chi connectivity index (χ4n) is 2.37. The van der Waals surface area contributed by atoms with Gasteiger partial charge in [-0.25, -0.2) is 4.79 Å². The molecule has 0 saturated heterocycles. The van der Waals surface area contributed by atoms with Crippen LogP contribution in [0.4, 0.5) is 4.79 Å². The highest BCUT2D eigenvalue weighted by Gasteiger charge is 2.48. The van der Waals surface area contributed by atoms with Gasteiger partial charge in [-0.1, -0.05) is 29.8 Å². The lowest BCUT2D eigenvalue weighted by Gasteiger charge is -2.45. The highest BCUT2D eigenvalue weighted by Crippen LogP contribution is 2.37. The van der Waals surface area contributed by atoms with E-state index >= 15 is 0 Å². The van der Waals surface area contributed by atoms with E-state index in [-0.39, 0.29) is 0 Å². The van der Waals surface area contributed by atoms with Gasteiger partial charge in [-0.3, -0.25) is 9.69 Å². The second-order valence-corrected chi connectivity index (χ2v) is 6.11. The van der Waals surface area contributed by atoms with Crippen molar-refractivity contribution in [2.75, 3.05) is 0 Å². The van der Waals surface area contributed by atoms with E-state index in [2.05, 4.69) is 0 Å². The third-order valence-corrected chi connectivity index (χ3v) is 3.52. The number of primary amides is 1. The lowest BCUT2D eigenvalue weighted by atomic mass is 9.85. The van der Waals surface area contributed by atoms with Crippen molar-refractivity contribution in [2.45, 2.75) is 38.8 Å². The van der Waals surface area contributed by atoms with Gasteiger partial charge in [0.15, 0.2) is 0 Å². The van der Waals surface area contributed by atoms with Crippen molar-refractivity contribution in [3.05, 3.63) is 34.9 Å². The summed E-state index contributed by atoms with van der Waals surface area (Å²) in [7, 11) is 0. The standard InChI is InChI=1S/C14H19ClN2O3/c1-13(2,3)17(12(19)20)14(4,11(16)18)9-7-5-6-8-10(9)15/h5-8H,1-4H3,(H2,16,18)(H,19,20)/t14-/m1/s1. The average molecular weight is 299 g/mol. The first-order valence-electron chi connectivity index (χ1n) is 6.11. The Morgan fingerprint density at radius 2 is 1.70 bits per heavy atom. The molecule has 5 nitrogen and oxygen atoms in total. The number of halogens is 1. The largest absolute Gasteiger partial charge is 0.465 e. The number of rotatable bonds is 3. The van der Waals surface area contributed by atoms with Crippen LogP contribution in [0.3, 0.4) is 0 Å². The molecule has 2 amide bonds. The number of hydrogen-bond acceptors (Lipinski definition) is 2. The summed E-state index contributed by atoms with van der Waals surface area (Å²) in [4.78, 5) is 24.7. The molecule has 0 bridgehead atoms. The molecule has 0 spiro atoms. The SMILES string of the molecule is CC(C)(C)N(C(=O)O)[C@@](C)(C(N)=O)c1ccccc1Cl. The molecule has 110 valence electrons. The Hall–Kier alpha value is -1.75. The Bertz CT molecular complexity index is 539. The second kappa shape index (κ2) is 5.32. The van der Waals surface area contributed by atoms with Gasteiger partial charge in [0.25, 0.3) is 0 Å². The molecule has 0 aliphatic heterocycles. The number of carboxylic acid groups (broad SMARTS) is 1. The maximum atomic E-state index is 12.0. The molecule has 6 heteroatoms. The van der Waals surface area contributed by atoms with E-state index < -0.39 is 23.1 Å². The summed E-state index contributed by atoms with van der Waals surface area (Å²) >= 11 is 6.12. The molecule has 0 aliphatic rings. The minimum absolute atomic E-state index is 0.296. The van der Waals surface area contributed by atoms with E-state index in [0.29, 0.717) is 10.6 Å². The van der Waals surface area contributed by atoms with Crippen LogP contribution in [0.5, 0.6) is 0 Å². The average Bonchev–Trinajstić information content (AvgIpc) is 2.26. The number of nitrogens with two attached hydrogens (primary N) is 1. The summed E-state index contributed by atoms with van der Waals surface area (Å²) in [5.41, 5.74) is 3.49. The Morgan fingerprint density at radius 1 is 1.20 bits per heavy atom. The zero-order valence-electron chi connectivity index (χ0n) is 12.0. The van der Waals surface area contributed by atoms with Gasteiger partial charge < -0.3 is 10.8 Å². The summed E-state index contributed by atoms with van der Waals surface area (Å²) in [6, 6.07) is 6.59. The highest BCUT2D eigenvalue weighted by molar-refractivity contribution is 6.31. The number of carbonyl (C=O) groups is 2. The molecule has 1 rings (SSSR count). The fourth-order valence-corrected chi connectivity index (χ4v) is 2.69. The summed E-state index contributed by atoms with van der Waals surface area (Å²) in [5, 5.41) is 9.82. The van der Waals surface area contributed by atoms with Crippen molar-refractivity contribution < 1.29 is 14.7 Å². The van der Waals surface area contributed by atoms with Crippen LogP contribution in [0.2, 0.25) is 5.02 Å². The van der Waals surface area contributed by atoms with Gasteiger partial charge in [0.05, 0.1) is 0 Å². The van der Waals surface area contributed by atoms with E-state index in [4.69, 9.17) is 17.3 Å². The van der Waals surface area contributed by atoms with Crippen molar-refractivity contribution in [3.8, 4) is 0 Å². The fraction of sp³-hybridized carbons (Fsp3) is 0.429. The Morgan fingerprint density at radius 3 is 2.05 bits per heavy atom. The number of carbonyl (C=O) groups excluding carboxylic acids is 1. The van der Waals surface area contributed by atoms with Crippen LogP contribution in [-0.2, 0) is 10.3 Å². The van der Waals surface area contributed by atoms with E-state index in [9.17, 15) is 14.7 Å². The topological polar surface area (TPSA) is 83.6 Å². The van der Waals surface area contributed by atoms with Gasteiger partial charge in [-0.2, -0.15) is 0 Å². The maximum Gasteiger partial charge on any atom is 0.408 e. The molecule has 1 aromatic rings. The molecule has 3 N–H and O–H groups in total. The van der Waals surface area contributed by atoms with Crippen molar-refractivity contribution in [1.82, 2.24) is 4.90 Å². The maximum absolute atomic E-state index is 12.0. The summed E-state index contributed by atoms with van der Waals surface area (Å²) in [6.45, 7) is 6.55. The molecule has 20 heavy (non-hydrogen) atoms. The van der Waals surface area contributed by atoms with Crippen molar-refractivity contribution in [1.29, 1.82) is 0 Å². The van der Waals surface area contributed by atoms with Crippen LogP contribution in [0.15, 0.2) is 24.3 Å². The zero-order chi connectivity index (χ0) is 15.7. The minimum atomic E-state index is -1.55. The van der Waals surface area contributed by atoms with Crippen LogP contribution < -0.4 is 5.73 Å². The van der Waals surface area contributed by atoms with Crippen molar-refractivity contribution in [2.24, 2.45) is 5.73 Å². The molecule has 0 radical (unpaired) electrons. The number of nitrogens with zero attached hydrogens (tertiary/aromatic N) is 1. The quantitative estimate of drug-likeness (QED) is 0.900. The Balaban J connectivity index is 3.62. The van der Waals surface area contributed by atoms with E-state index in [1.165, 1.54) is 6.92 Å². The number of amides is 2. The predicted molar refractivity (Wildman–Crippen MR) is 77.6 cm³/mol. The molecule has 0 saturated carbocycles. The smallest absolute Gasteiger partial charge is 0.408 e. The second-order valence-electron chi connectivity index (χ2n) is 5.71. The number of benzene rings is 1. The first kappa shape index (κ1) is 16.3. The number of hydrogen-bond donors (Lipinski definition) is 2. The molecule has 0 unspecified atom stereocenters. The zero-order valence-corrected chi connectivity index (χ0v) is 12.7. The normalized spacial score (nSPS) is 14.4. The van der Waals surface area contributed by atoms with E-state index in [1.54, 1.807) is 45.0 Å². The van der Waals surface area contributed by atoms with Crippen LogP contribution >= 0.6 is 11.6 Å². The van der Waals surface area contributed by atoms with Gasteiger partial charge in [0.1, 0.15) is 5.54 Å². The summed E-state index contributed by atoms with van der Waals surface area (Å²) < 4.78 is 0. The molecule has 0 aromatic heterocycles. The van der Waals surface area contributed by atoms with E-state index in [0.717, 1.165) is 4.90 Å². The summed E-state index contributed by atoms with van der Waals surface area (Å²) in [6.07, 6.45) is -1.24. The monoisotopic (exact) mass is 298 g/mol. The molecule has 1 aromatic carbocycles. The summed E-state index contributed by atoms with van der Waals surface area (Å²) in [5.74, 6) is -0.775. The van der Waals surface area contributed by atoms with Crippen molar-refractivity contribution >= 4 is 23.6 Å². The van der Waals surface area contributed by atoms with Crippen molar-refractivity contribution in [3.63, 3.8) is 0 Å². The minimum Gasteiger partial charge on any atom is -0.465 e. The highest BCUT2D eigenvalue weighted by atomic mass is 35.5. The molecular weight excluding hydrogens is 280 g/mol. The third-order valence-electron chi connectivity index (χ3n) is 3.19. The molecule has 0 aliphatic carbocycles. The van der Waals surface area contributed by atoms with Crippen LogP contribution in [0.25, 0.3) is 0 Å². The first-order chi connectivity index (χ1) is 9.02. The molecule has 1 atom stereocenters. The first-order valence-corrected chi connectivity index (χ1v) is 6.49. The molecule has 0 fully saturated rings. The molecule has 0 heterocycles.